The van der Waals surface area contributed by atoms with Gasteiger partial charge < -0.3 is 24.8 Å². The summed E-state index contributed by atoms with van der Waals surface area (Å²) in [5, 5.41) is 0. The van der Waals surface area contributed by atoms with Gasteiger partial charge in [-0.2, -0.15) is 0 Å². The van der Waals surface area contributed by atoms with Gasteiger partial charge in [0.15, 0.2) is 0 Å². The second kappa shape index (κ2) is 8.79. The molecule has 2 N–H and O–H groups in total. The van der Waals surface area contributed by atoms with Crippen molar-refractivity contribution < 1.29 is 14.2 Å². The average Bonchev–Trinajstić information content (AvgIpc) is 2.47. The smallest absolute Gasteiger partial charge is 0.120 e. The standard InChI is InChI=1S/C15H26N2O3/c1-12(11-19-3)17(7-8-18-2)15-9-14(20-4)6-5-13(15)10-16/h5-6,9,12H,7-8,10-11,16H2,1-4H3. The van der Waals surface area contributed by atoms with Crippen molar-refractivity contribution in [2.75, 3.05) is 46.0 Å². The van der Waals surface area contributed by atoms with Crippen molar-refractivity contribution in [3.63, 3.8) is 0 Å². The fourth-order valence-electron chi connectivity index (χ4n) is 2.21. The monoisotopic (exact) mass is 282 g/mol. The van der Waals surface area contributed by atoms with Crippen molar-refractivity contribution in [3.8, 4) is 5.75 Å². The number of ether oxygens (including phenoxy) is 3. The molecule has 0 aromatic heterocycles. The molecule has 20 heavy (non-hydrogen) atoms. The van der Waals surface area contributed by atoms with Crippen molar-refractivity contribution in [1.82, 2.24) is 0 Å². The molecule has 1 aromatic carbocycles. The molecule has 1 atom stereocenters. The van der Waals surface area contributed by atoms with Crippen LogP contribution >= 0.6 is 0 Å². The van der Waals surface area contributed by atoms with E-state index in [2.05, 4.69) is 11.8 Å². The van der Waals surface area contributed by atoms with Crippen molar-refractivity contribution in [2.45, 2.75) is 19.5 Å². The largest absolute Gasteiger partial charge is 0.497 e. The lowest BCUT2D eigenvalue weighted by molar-refractivity contribution is 0.171. The third-order valence-corrected chi connectivity index (χ3v) is 3.30. The number of nitrogens with two attached hydrogens (primary N) is 1. The van der Waals surface area contributed by atoms with Crippen LogP contribution in [0.25, 0.3) is 0 Å². The molecular weight excluding hydrogens is 256 g/mol. The van der Waals surface area contributed by atoms with E-state index < -0.39 is 0 Å². The molecular formula is C15H26N2O3. The molecule has 1 rings (SSSR count). The Hall–Kier alpha value is -1.30. The van der Waals surface area contributed by atoms with Crippen LogP contribution < -0.4 is 15.4 Å². The second-order valence-corrected chi connectivity index (χ2v) is 4.69. The number of hydrogen-bond acceptors (Lipinski definition) is 5. The molecule has 1 aromatic rings. The van der Waals surface area contributed by atoms with E-state index >= 15 is 0 Å². The summed E-state index contributed by atoms with van der Waals surface area (Å²) in [7, 11) is 5.08. The normalized spacial score (nSPS) is 12.2. The minimum atomic E-state index is 0.229. The number of anilines is 1. The second-order valence-electron chi connectivity index (χ2n) is 4.69. The zero-order valence-corrected chi connectivity index (χ0v) is 12.9. The fraction of sp³-hybridized carbons (Fsp3) is 0.600. The SMILES string of the molecule is COCCN(c1cc(OC)ccc1CN)C(C)COC. The van der Waals surface area contributed by atoms with E-state index in [0.717, 1.165) is 23.5 Å². The van der Waals surface area contributed by atoms with Crippen LogP contribution in [0.5, 0.6) is 5.75 Å². The Morgan fingerprint density at radius 3 is 2.50 bits per heavy atom. The highest BCUT2D eigenvalue weighted by Gasteiger charge is 2.17. The van der Waals surface area contributed by atoms with Gasteiger partial charge in [-0.15, -0.1) is 0 Å². The molecule has 0 spiro atoms. The van der Waals surface area contributed by atoms with Gasteiger partial charge in [0.2, 0.25) is 0 Å². The van der Waals surface area contributed by atoms with Gasteiger partial charge in [0.25, 0.3) is 0 Å². The number of benzene rings is 1. The van der Waals surface area contributed by atoms with E-state index in [9.17, 15) is 0 Å². The van der Waals surface area contributed by atoms with Gasteiger partial charge in [-0.05, 0) is 18.6 Å². The Morgan fingerprint density at radius 2 is 1.95 bits per heavy atom. The van der Waals surface area contributed by atoms with E-state index in [0.29, 0.717) is 19.8 Å². The van der Waals surface area contributed by atoms with Gasteiger partial charge in [-0.1, -0.05) is 6.07 Å². The van der Waals surface area contributed by atoms with Crippen LogP contribution in [-0.4, -0.2) is 47.1 Å². The maximum atomic E-state index is 5.85. The van der Waals surface area contributed by atoms with Crippen LogP contribution in [0.2, 0.25) is 0 Å². The molecule has 0 aliphatic rings. The first-order valence-corrected chi connectivity index (χ1v) is 6.79. The summed E-state index contributed by atoms with van der Waals surface area (Å²) in [4.78, 5) is 2.25. The molecule has 0 heterocycles. The Labute approximate surface area is 121 Å². The van der Waals surface area contributed by atoms with Gasteiger partial charge in [0, 0.05) is 45.1 Å². The van der Waals surface area contributed by atoms with E-state index in [1.54, 1.807) is 21.3 Å². The molecule has 0 aliphatic heterocycles. The zero-order valence-electron chi connectivity index (χ0n) is 12.9. The molecule has 0 radical (unpaired) electrons. The maximum absolute atomic E-state index is 5.85. The summed E-state index contributed by atoms with van der Waals surface area (Å²) in [5.74, 6) is 0.823. The van der Waals surface area contributed by atoms with E-state index in [4.69, 9.17) is 19.9 Å². The highest BCUT2D eigenvalue weighted by atomic mass is 16.5. The minimum Gasteiger partial charge on any atom is -0.497 e. The van der Waals surface area contributed by atoms with Crippen molar-refractivity contribution in [2.24, 2.45) is 5.73 Å². The maximum Gasteiger partial charge on any atom is 0.120 e. The highest BCUT2D eigenvalue weighted by molar-refractivity contribution is 5.58. The van der Waals surface area contributed by atoms with E-state index in [-0.39, 0.29) is 6.04 Å². The van der Waals surface area contributed by atoms with Crippen LogP contribution in [-0.2, 0) is 16.0 Å². The third-order valence-electron chi connectivity index (χ3n) is 3.30. The van der Waals surface area contributed by atoms with Crippen molar-refractivity contribution >= 4 is 5.69 Å². The Kier molecular flexibility index (Phi) is 7.36. The van der Waals surface area contributed by atoms with Gasteiger partial charge >= 0.3 is 0 Å². The van der Waals surface area contributed by atoms with E-state index in [1.165, 1.54) is 0 Å². The average molecular weight is 282 g/mol. The summed E-state index contributed by atoms with van der Waals surface area (Å²) in [6, 6.07) is 6.19. The number of methoxy groups -OCH3 is 3. The molecule has 5 nitrogen and oxygen atoms in total. The van der Waals surface area contributed by atoms with Crippen LogP contribution in [0.1, 0.15) is 12.5 Å². The fourth-order valence-corrected chi connectivity index (χ4v) is 2.21. The number of rotatable bonds is 9. The minimum absolute atomic E-state index is 0.229. The molecule has 114 valence electrons. The van der Waals surface area contributed by atoms with Crippen LogP contribution in [0.15, 0.2) is 18.2 Å². The lowest BCUT2D eigenvalue weighted by Crippen LogP contribution is -2.39. The first-order valence-electron chi connectivity index (χ1n) is 6.79. The lowest BCUT2D eigenvalue weighted by Gasteiger charge is -2.32. The Balaban J connectivity index is 3.09. The highest BCUT2D eigenvalue weighted by Crippen LogP contribution is 2.27. The van der Waals surface area contributed by atoms with Crippen molar-refractivity contribution in [1.29, 1.82) is 0 Å². The predicted octanol–water partition coefficient (Wildman–Crippen LogP) is 1.64. The van der Waals surface area contributed by atoms with Gasteiger partial charge in [-0.25, -0.2) is 0 Å². The Morgan fingerprint density at radius 1 is 1.20 bits per heavy atom. The summed E-state index contributed by atoms with van der Waals surface area (Å²) in [6.45, 7) is 4.68. The number of nitrogens with zero attached hydrogens (tertiary/aromatic N) is 1. The van der Waals surface area contributed by atoms with Crippen LogP contribution in [0.3, 0.4) is 0 Å². The van der Waals surface area contributed by atoms with Crippen molar-refractivity contribution in [3.05, 3.63) is 23.8 Å². The summed E-state index contributed by atoms with van der Waals surface area (Å²) < 4.78 is 15.8. The molecule has 0 fully saturated rings. The molecule has 5 heteroatoms. The van der Waals surface area contributed by atoms with Gasteiger partial charge in [-0.3, -0.25) is 0 Å². The van der Waals surface area contributed by atoms with Gasteiger partial charge in [0.05, 0.1) is 20.3 Å². The summed E-state index contributed by atoms with van der Waals surface area (Å²) in [5.41, 5.74) is 8.02. The molecule has 0 bridgehead atoms. The quantitative estimate of drug-likeness (QED) is 0.746. The van der Waals surface area contributed by atoms with E-state index in [1.807, 2.05) is 18.2 Å². The first kappa shape index (κ1) is 16.8. The predicted molar refractivity (Wildman–Crippen MR) is 81.4 cm³/mol. The Bertz CT molecular complexity index is 399. The van der Waals surface area contributed by atoms with Crippen LogP contribution in [0.4, 0.5) is 5.69 Å². The molecule has 0 aliphatic carbocycles. The molecule has 0 amide bonds. The van der Waals surface area contributed by atoms with Gasteiger partial charge in [0.1, 0.15) is 5.75 Å². The molecule has 0 saturated carbocycles. The molecule has 0 saturated heterocycles. The summed E-state index contributed by atoms with van der Waals surface area (Å²) in [6.07, 6.45) is 0. The van der Waals surface area contributed by atoms with Crippen LogP contribution in [0, 0.1) is 0 Å². The number of hydrogen-bond donors (Lipinski definition) is 1. The molecule has 1 unspecified atom stereocenters. The summed E-state index contributed by atoms with van der Waals surface area (Å²) >= 11 is 0. The lowest BCUT2D eigenvalue weighted by atomic mass is 10.1. The first-order chi connectivity index (χ1) is 9.67. The topological polar surface area (TPSA) is 57.0 Å². The third kappa shape index (κ3) is 4.37. The zero-order chi connectivity index (χ0) is 15.0.